The zero-order valence-electron chi connectivity index (χ0n) is 15.5. The molecule has 0 aliphatic heterocycles. The Morgan fingerprint density at radius 1 is 1.11 bits per heavy atom. The number of hydrogen-bond donors (Lipinski definition) is 1. The molecular weight excluding hydrogens is 340 g/mol. The van der Waals surface area contributed by atoms with Crippen molar-refractivity contribution in [3.8, 4) is 0 Å². The van der Waals surface area contributed by atoms with Gasteiger partial charge in [-0.15, -0.1) is 0 Å². The second kappa shape index (κ2) is 7.06. The van der Waals surface area contributed by atoms with Gasteiger partial charge in [-0.25, -0.2) is 4.79 Å². The maximum absolute atomic E-state index is 12.9. The molecule has 1 heterocycles. The van der Waals surface area contributed by atoms with Crippen LogP contribution in [0.15, 0.2) is 63.8 Å². The van der Waals surface area contributed by atoms with Crippen LogP contribution in [0.2, 0.25) is 0 Å². The van der Waals surface area contributed by atoms with Crippen LogP contribution in [-0.2, 0) is 10.2 Å². The second-order valence-electron chi connectivity index (χ2n) is 7.45. The Morgan fingerprint density at radius 3 is 2.52 bits per heavy atom. The van der Waals surface area contributed by atoms with Crippen molar-refractivity contribution in [2.75, 3.05) is 6.54 Å². The summed E-state index contributed by atoms with van der Waals surface area (Å²) in [4.78, 5) is 25.1. The normalized spacial score (nSPS) is 17.1. The number of carbonyl (C=O) groups is 1. The molecule has 0 radical (unpaired) electrons. The molecule has 1 saturated carbocycles. The molecule has 1 atom stereocenters. The van der Waals surface area contributed by atoms with Crippen LogP contribution in [0.5, 0.6) is 0 Å². The first-order valence-electron chi connectivity index (χ1n) is 9.54. The third-order valence-corrected chi connectivity index (χ3v) is 5.83. The molecule has 1 aliphatic rings. The first-order valence-corrected chi connectivity index (χ1v) is 9.54. The Balaban J connectivity index is 1.55. The summed E-state index contributed by atoms with van der Waals surface area (Å²) in [5, 5.41) is 3.10. The van der Waals surface area contributed by atoms with Crippen molar-refractivity contribution in [3.63, 3.8) is 0 Å². The summed E-state index contributed by atoms with van der Waals surface area (Å²) in [6, 6.07) is 17.0. The van der Waals surface area contributed by atoms with Gasteiger partial charge >= 0.3 is 5.76 Å². The van der Waals surface area contributed by atoms with Crippen LogP contribution >= 0.6 is 0 Å². The molecular formula is C22H24N2O3. The number of aromatic nitrogens is 1. The Kier molecular flexibility index (Phi) is 4.60. The van der Waals surface area contributed by atoms with Gasteiger partial charge in [-0.3, -0.25) is 9.36 Å². The molecule has 0 saturated heterocycles. The summed E-state index contributed by atoms with van der Waals surface area (Å²) < 4.78 is 6.69. The average Bonchev–Trinajstić information content (AvgIpc) is 3.30. The lowest BCUT2D eigenvalue weighted by Gasteiger charge is -2.30. The largest absolute Gasteiger partial charge is 0.420 e. The third-order valence-electron chi connectivity index (χ3n) is 5.83. The predicted octanol–water partition coefficient (Wildman–Crippen LogP) is 3.78. The summed E-state index contributed by atoms with van der Waals surface area (Å²) in [6.07, 6.45) is 4.48. The van der Waals surface area contributed by atoms with Gasteiger partial charge in [0, 0.05) is 12.0 Å². The smallest absolute Gasteiger partial charge is 0.408 e. The summed E-state index contributed by atoms with van der Waals surface area (Å²) in [7, 11) is 0. The average molecular weight is 364 g/mol. The molecule has 1 unspecified atom stereocenters. The van der Waals surface area contributed by atoms with Crippen LogP contribution in [0.25, 0.3) is 11.1 Å². The van der Waals surface area contributed by atoms with Gasteiger partial charge in [-0.2, -0.15) is 0 Å². The van der Waals surface area contributed by atoms with E-state index in [9.17, 15) is 9.59 Å². The summed E-state index contributed by atoms with van der Waals surface area (Å²) in [5.74, 6) is -0.664. The molecule has 5 heteroatoms. The first-order chi connectivity index (χ1) is 13.1. The zero-order chi connectivity index (χ0) is 18.9. The van der Waals surface area contributed by atoms with Crippen molar-refractivity contribution in [1.29, 1.82) is 0 Å². The molecule has 1 fully saturated rings. The van der Waals surface area contributed by atoms with Gasteiger partial charge in [0.2, 0.25) is 5.91 Å². The van der Waals surface area contributed by atoms with E-state index in [2.05, 4.69) is 29.6 Å². The molecule has 2 aromatic carbocycles. The minimum atomic E-state index is -0.629. The van der Waals surface area contributed by atoms with Crippen molar-refractivity contribution < 1.29 is 9.21 Å². The van der Waals surface area contributed by atoms with Gasteiger partial charge < -0.3 is 9.73 Å². The lowest BCUT2D eigenvalue weighted by molar-refractivity contribution is -0.124. The Labute approximate surface area is 158 Å². The predicted molar refractivity (Wildman–Crippen MR) is 105 cm³/mol. The molecule has 140 valence electrons. The van der Waals surface area contributed by atoms with E-state index in [0.717, 1.165) is 12.8 Å². The molecule has 4 rings (SSSR count). The number of amides is 1. The number of nitrogens with zero attached hydrogens (tertiary/aromatic N) is 1. The number of para-hydroxylation sites is 2. The third kappa shape index (κ3) is 3.18. The summed E-state index contributed by atoms with van der Waals surface area (Å²) >= 11 is 0. The van der Waals surface area contributed by atoms with Crippen molar-refractivity contribution in [2.45, 2.75) is 44.1 Å². The van der Waals surface area contributed by atoms with Gasteiger partial charge in [-0.05, 0) is 37.5 Å². The SMILES string of the molecule is CC(C(=O)NCC1(c2ccccc2)CCCC1)n1c(=O)oc2ccccc21. The second-order valence-corrected chi connectivity index (χ2v) is 7.45. The molecule has 0 spiro atoms. The highest BCUT2D eigenvalue weighted by Crippen LogP contribution is 2.40. The maximum atomic E-state index is 12.9. The Morgan fingerprint density at radius 2 is 1.78 bits per heavy atom. The van der Waals surface area contributed by atoms with Crippen LogP contribution in [-0.4, -0.2) is 17.0 Å². The van der Waals surface area contributed by atoms with E-state index in [1.807, 2.05) is 18.2 Å². The number of rotatable bonds is 5. The van der Waals surface area contributed by atoms with E-state index in [1.54, 1.807) is 19.1 Å². The molecule has 1 N–H and O–H groups in total. The number of oxazole rings is 1. The lowest BCUT2D eigenvalue weighted by atomic mass is 9.79. The molecule has 3 aromatic rings. The summed E-state index contributed by atoms with van der Waals surface area (Å²) in [5.41, 5.74) is 2.41. The van der Waals surface area contributed by atoms with Crippen molar-refractivity contribution in [1.82, 2.24) is 9.88 Å². The van der Waals surface area contributed by atoms with E-state index >= 15 is 0 Å². The number of benzene rings is 2. The van der Waals surface area contributed by atoms with Crippen molar-refractivity contribution >= 4 is 17.0 Å². The highest BCUT2D eigenvalue weighted by atomic mass is 16.4. The van der Waals surface area contributed by atoms with Gasteiger partial charge in [0.25, 0.3) is 0 Å². The fourth-order valence-corrected chi connectivity index (χ4v) is 4.28. The minimum Gasteiger partial charge on any atom is -0.408 e. The van der Waals surface area contributed by atoms with E-state index in [0.29, 0.717) is 17.6 Å². The molecule has 1 aliphatic carbocycles. The quantitative estimate of drug-likeness (QED) is 0.749. The highest BCUT2D eigenvalue weighted by Gasteiger charge is 2.36. The lowest BCUT2D eigenvalue weighted by Crippen LogP contribution is -2.42. The van der Waals surface area contributed by atoms with Crippen molar-refractivity contribution in [2.24, 2.45) is 0 Å². The van der Waals surface area contributed by atoms with Crippen LogP contribution < -0.4 is 11.1 Å². The van der Waals surface area contributed by atoms with Gasteiger partial charge in [0.1, 0.15) is 6.04 Å². The van der Waals surface area contributed by atoms with E-state index in [4.69, 9.17) is 4.42 Å². The van der Waals surface area contributed by atoms with Crippen molar-refractivity contribution in [3.05, 3.63) is 70.7 Å². The minimum absolute atomic E-state index is 0.0138. The maximum Gasteiger partial charge on any atom is 0.420 e. The van der Waals surface area contributed by atoms with E-state index in [1.165, 1.54) is 23.0 Å². The molecule has 0 bridgehead atoms. The van der Waals surface area contributed by atoms with Crippen LogP contribution in [0.3, 0.4) is 0 Å². The number of fused-ring (bicyclic) bond motifs is 1. The molecule has 27 heavy (non-hydrogen) atoms. The van der Waals surface area contributed by atoms with Crippen LogP contribution in [0.4, 0.5) is 0 Å². The van der Waals surface area contributed by atoms with E-state index in [-0.39, 0.29) is 11.3 Å². The monoisotopic (exact) mass is 364 g/mol. The molecule has 1 amide bonds. The Bertz CT molecular complexity index is 997. The van der Waals surface area contributed by atoms with Crippen LogP contribution in [0.1, 0.15) is 44.2 Å². The van der Waals surface area contributed by atoms with Gasteiger partial charge in [0.05, 0.1) is 5.52 Å². The topological polar surface area (TPSA) is 64.2 Å². The number of hydrogen-bond acceptors (Lipinski definition) is 3. The zero-order valence-corrected chi connectivity index (χ0v) is 15.5. The molecule has 5 nitrogen and oxygen atoms in total. The Hall–Kier alpha value is -2.82. The fourth-order valence-electron chi connectivity index (χ4n) is 4.28. The number of nitrogens with one attached hydrogen (secondary N) is 1. The summed E-state index contributed by atoms with van der Waals surface area (Å²) in [6.45, 7) is 2.33. The number of carbonyl (C=O) groups excluding carboxylic acids is 1. The fraction of sp³-hybridized carbons (Fsp3) is 0.364. The van der Waals surface area contributed by atoms with Gasteiger partial charge in [-0.1, -0.05) is 55.3 Å². The van der Waals surface area contributed by atoms with Gasteiger partial charge in [0.15, 0.2) is 5.58 Å². The van der Waals surface area contributed by atoms with Crippen LogP contribution in [0, 0.1) is 0 Å². The van der Waals surface area contributed by atoms with E-state index < -0.39 is 11.8 Å². The highest BCUT2D eigenvalue weighted by molar-refractivity contribution is 5.83. The standard InChI is InChI=1S/C22H24N2O3/c1-16(24-18-11-5-6-12-19(18)27-21(24)26)20(25)23-15-22(13-7-8-14-22)17-9-3-2-4-10-17/h2-6,9-12,16H,7-8,13-15H2,1H3,(H,23,25). The molecule has 1 aromatic heterocycles. The first kappa shape index (κ1) is 17.6.